The second-order valence-electron chi connectivity index (χ2n) is 4.07. The molecule has 0 heterocycles. The Bertz CT molecular complexity index is 483. The molecule has 1 aromatic rings. The molecular weight excluding hydrogens is 290 g/mol. The van der Waals surface area contributed by atoms with Crippen LogP contribution in [-0.2, 0) is 9.84 Å². The van der Waals surface area contributed by atoms with Crippen LogP contribution < -0.4 is 5.73 Å². The van der Waals surface area contributed by atoms with Crippen LogP contribution in [0.25, 0.3) is 0 Å². The van der Waals surface area contributed by atoms with E-state index in [1.807, 2.05) is 24.3 Å². The molecule has 16 heavy (non-hydrogen) atoms. The van der Waals surface area contributed by atoms with Crippen molar-refractivity contribution in [3.05, 3.63) is 34.3 Å². The topological polar surface area (TPSA) is 60.2 Å². The minimum Gasteiger partial charge on any atom is -0.326 e. The normalized spacial score (nSPS) is 29.1. The quantitative estimate of drug-likeness (QED) is 0.924. The van der Waals surface area contributed by atoms with Crippen molar-refractivity contribution in [3.63, 3.8) is 0 Å². The molecule has 0 unspecified atom stereocenters. The summed E-state index contributed by atoms with van der Waals surface area (Å²) in [5, 5.41) is -0.390. The summed E-state index contributed by atoms with van der Waals surface area (Å²) in [6.07, 6.45) is 0. The summed E-state index contributed by atoms with van der Waals surface area (Å²) in [6, 6.07) is 7.44. The van der Waals surface area contributed by atoms with Crippen molar-refractivity contribution in [1.29, 1.82) is 0 Å². The molecule has 0 saturated heterocycles. The summed E-state index contributed by atoms with van der Waals surface area (Å²) in [5.41, 5.74) is 6.86. The molecule has 2 N–H and O–H groups in total. The Balaban J connectivity index is 2.24. The maximum Gasteiger partial charge on any atom is 0.155 e. The van der Waals surface area contributed by atoms with Crippen molar-refractivity contribution < 1.29 is 8.42 Å². The van der Waals surface area contributed by atoms with Gasteiger partial charge >= 0.3 is 0 Å². The molecule has 1 aromatic carbocycles. The predicted molar refractivity (Wildman–Crippen MR) is 68.1 cm³/mol. The third kappa shape index (κ3) is 2.04. The fraction of sp³-hybridized carbons (Fsp3) is 0.455. The van der Waals surface area contributed by atoms with Gasteiger partial charge in [0.1, 0.15) is 0 Å². The summed E-state index contributed by atoms with van der Waals surface area (Å²) in [4.78, 5) is 0. The van der Waals surface area contributed by atoms with Crippen molar-refractivity contribution in [3.8, 4) is 0 Å². The van der Waals surface area contributed by atoms with Gasteiger partial charge in [-0.1, -0.05) is 35.0 Å². The first-order chi connectivity index (χ1) is 7.47. The Labute approximate surface area is 104 Å². The second-order valence-corrected chi connectivity index (χ2v) is 7.43. The molecule has 1 fully saturated rings. The largest absolute Gasteiger partial charge is 0.326 e. The molecule has 0 radical (unpaired) electrons. The fourth-order valence-corrected chi connectivity index (χ4v) is 4.05. The van der Waals surface area contributed by atoms with E-state index in [4.69, 9.17) is 5.73 Å². The lowest BCUT2D eigenvalue weighted by molar-refractivity contribution is 0.594. The van der Waals surface area contributed by atoms with Gasteiger partial charge in [-0.25, -0.2) is 8.42 Å². The van der Waals surface area contributed by atoms with Crippen molar-refractivity contribution in [2.75, 3.05) is 5.75 Å². The van der Waals surface area contributed by atoms with Crippen LogP contribution in [0.3, 0.4) is 0 Å². The van der Waals surface area contributed by atoms with Crippen LogP contribution in [0.5, 0.6) is 0 Å². The highest BCUT2D eigenvalue weighted by atomic mass is 79.9. The SMILES string of the molecule is CCS(=O)(=O)[C@@H]1[C@@H](N)[C@H]1c1ccc(Br)cc1. The lowest BCUT2D eigenvalue weighted by atomic mass is 10.1. The fourth-order valence-electron chi connectivity index (χ4n) is 2.06. The Morgan fingerprint density at radius 1 is 1.31 bits per heavy atom. The van der Waals surface area contributed by atoms with E-state index in [-0.39, 0.29) is 17.7 Å². The van der Waals surface area contributed by atoms with Gasteiger partial charge in [0, 0.05) is 22.2 Å². The van der Waals surface area contributed by atoms with Crippen molar-refractivity contribution >= 4 is 25.8 Å². The average molecular weight is 304 g/mol. The molecular formula is C11H14BrNO2S. The Hall–Kier alpha value is -0.390. The molecule has 5 heteroatoms. The molecule has 1 aliphatic carbocycles. The molecule has 3 nitrogen and oxygen atoms in total. The first-order valence-electron chi connectivity index (χ1n) is 5.20. The molecule has 88 valence electrons. The molecule has 1 aliphatic rings. The molecule has 0 bridgehead atoms. The summed E-state index contributed by atoms with van der Waals surface area (Å²) < 4.78 is 24.5. The maximum atomic E-state index is 11.7. The van der Waals surface area contributed by atoms with Gasteiger partial charge in [-0.3, -0.25) is 0 Å². The maximum absolute atomic E-state index is 11.7. The summed E-state index contributed by atoms with van der Waals surface area (Å²) in [7, 11) is -3.02. The highest BCUT2D eigenvalue weighted by Gasteiger charge is 2.55. The van der Waals surface area contributed by atoms with Gasteiger partial charge in [0.15, 0.2) is 9.84 Å². The monoisotopic (exact) mass is 303 g/mol. The zero-order valence-corrected chi connectivity index (χ0v) is 11.3. The molecule has 1 saturated carbocycles. The van der Waals surface area contributed by atoms with Gasteiger partial charge in [0.25, 0.3) is 0 Å². The Morgan fingerprint density at radius 3 is 2.38 bits per heavy atom. The van der Waals surface area contributed by atoms with Crippen molar-refractivity contribution in [2.24, 2.45) is 5.73 Å². The average Bonchev–Trinajstić information content (AvgIpc) is 2.92. The van der Waals surface area contributed by atoms with Crippen LogP contribution in [0.1, 0.15) is 18.4 Å². The van der Waals surface area contributed by atoms with Gasteiger partial charge in [0.05, 0.1) is 5.25 Å². The number of nitrogens with two attached hydrogens (primary N) is 1. The number of rotatable bonds is 3. The minimum absolute atomic E-state index is 0.0296. The van der Waals surface area contributed by atoms with E-state index >= 15 is 0 Å². The van der Waals surface area contributed by atoms with E-state index in [0.29, 0.717) is 0 Å². The van der Waals surface area contributed by atoms with Crippen molar-refractivity contribution in [2.45, 2.75) is 24.1 Å². The molecule has 0 aliphatic heterocycles. The van der Waals surface area contributed by atoms with Crippen LogP contribution in [0, 0.1) is 0 Å². The van der Waals surface area contributed by atoms with Gasteiger partial charge in [-0.05, 0) is 17.7 Å². The van der Waals surface area contributed by atoms with E-state index < -0.39 is 15.1 Å². The highest BCUT2D eigenvalue weighted by Crippen LogP contribution is 2.45. The Morgan fingerprint density at radius 2 is 1.88 bits per heavy atom. The third-order valence-corrected chi connectivity index (χ3v) is 5.85. The van der Waals surface area contributed by atoms with E-state index in [1.54, 1.807) is 6.92 Å². The lowest BCUT2D eigenvalue weighted by Crippen LogP contribution is -2.17. The summed E-state index contributed by atoms with van der Waals surface area (Å²) in [5.74, 6) is 0.135. The van der Waals surface area contributed by atoms with Crippen LogP contribution in [0.2, 0.25) is 0 Å². The van der Waals surface area contributed by atoms with E-state index in [2.05, 4.69) is 15.9 Å². The van der Waals surface area contributed by atoms with Crippen LogP contribution in [0.4, 0.5) is 0 Å². The number of hydrogen-bond donors (Lipinski definition) is 1. The number of sulfone groups is 1. The van der Waals surface area contributed by atoms with Crippen molar-refractivity contribution in [1.82, 2.24) is 0 Å². The molecule has 2 rings (SSSR count). The number of halogens is 1. The minimum atomic E-state index is -3.02. The predicted octanol–water partition coefficient (Wildman–Crippen LogP) is 1.68. The van der Waals surface area contributed by atoms with E-state index in [0.717, 1.165) is 10.0 Å². The smallest absolute Gasteiger partial charge is 0.155 e. The highest BCUT2D eigenvalue weighted by molar-refractivity contribution is 9.10. The molecule has 0 aromatic heterocycles. The molecule has 0 amide bonds. The number of benzene rings is 1. The summed E-state index contributed by atoms with van der Waals surface area (Å²) in [6.45, 7) is 1.67. The lowest BCUT2D eigenvalue weighted by Gasteiger charge is -2.00. The zero-order valence-electron chi connectivity index (χ0n) is 8.93. The van der Waals surface area contributed by atoms with Gasteiger partial charge < -0.3 is 5.73 Å². The first-order valence-corrected chi connectivity index (χ1v) is 7.71. The van der Waals surface area contributed by atoms with E-state index in [1.165, 1.54) is 0 Å². The zero-order chi connectivity index (χ0) is 11.9. The third-order valence-electron chi connectivity index (χ3n) is 3.08. The van der Waals surface area contributed by atoms with Gasteiger partial charge in [-0.15, -0.1) is 0 Å². The van der Waals surface area contributed by atoms with Gasteiger partial charge in [0.2, 0.25) is 0 Å². The molecule has 0 spiro atoms. The Kier molecular flexibility index (Phi) is 3.11. The number of hydrogen-bond acceptors (Lipinski definition) is 3. The second kappa shape index (κ2) is 4.13. The van der Waals surface area contributed by atoms with Crippen LogP contribution in [-0.4, -0.2) is 25.5 Å². The van der Waals surface area contributed by atoms with Crippen LogP contribution in [0.15, 0.2) is 28.7 Å². The summed E-state index contributed by atoms with van der Waals surface area (Å²) >= 11 is 3.35. The molecule has 3 atom stereocenters. The van der Waals surface area contributed by atoms with Crippen LogP contribution >= 0.6 is 15.9 Å². The first kappa shape index (κ1) is 12.1. The standard InChI is InChI=1S/C11H14BrNO2S/c1-2-16(14,15)11-9(10(11)13)7-3-5-8(12)6-4-7/h3-6,9-11H,2,13H2,1H3/t9-,10+,11+/m1/s1. The van der Waals surface area contributed by atoms with E-state index in [9.17, 15) is 8.42 Å². The van der Waals surface area contributed by atoms with Gasteiger partial charge in [-0.2, -0.15) is 0 Å².